The molecule has 0 spiro atoms. The fourth-order valence-electron chi connectivity index (χ4n) is 10.2. The first kappa shape index (κ1) is 21.6. The van der Waals surface area contributed by atoms with Crippen molar-refractivity contribution >= 4 is 0 Å². The van der Waals surface area contributed by atoms with Crippen LogP contribution in [0.2, 0.25) is 0 Å². The van der Waals surface area contributed by atoms with Gasteiger partial charge in [0, 0.05) is 0 Å². The minimum absolute atomic E-state index is 0.488. The van der Waals surface area contributed by atoms with Crippen molar-refractivity contribution in [2.75, 3.05) is 0 Å². The molecule has 0 nitrogen and oxygen atoms in total. The zero-order valence-corrected chi connectivity index (χ0v) is 21.5. The first-order valence-corrected chi connectivity index (χ1v) is 13.5. The molecule has 0 radical (unpaired) electrons. The molecule has 5 aliphatic carbocycles. The van der Waals surface area contributed by atoms with Crippen molar-refractivity contribution in [1.82, 2.24) is 0 Å². The van der Waals surface area contributed by atoms with E-state index in [0.29, 0.717) is 27.1 Å². The summed E-state index contributed by atoms with van der Waals surface area (Å²) in [7, 11) is 0. The summed E-state index contributed by atoms with van der Waals surface area (Å²) >= 11 is 0. The molecule has 0 aromatic rings. The van der Waals surface area contributed by atoms with Crippen LogP contribution in [0, 0.1) is 56.7 Å². The minimum atomic E-state index is 0.488. The van der Waals surface area contributed by atoms with Crippen LogP contribution in [0.25, 0.3) is 0 Å². The van der Waals surface area contributed by atoms with Crippen molar-refractivity contribution in [1.29, 1.82) is 0 Å². The maximum absolute atomic E-state index is 2.85. The zero-order chi connectivity index (χ0) is 21.7. The fourth-order valence-corrected chi connectivity index (χ4v) is 10.2. The van der Waals surface area contributed by atoms with Crippen LogP contribution in [0.15, 0.2) is 11.6 Å². The fraction of sp³-hybridized carbons (Fsp3) is 0.933. The van der Waals surface area contributed by atoms with Gasteiger partial charge in [0.05, 0.1) is 0 Å². The molecular formula is C30H50. The molecule has 0 heteroatoms. The van der Waals surface area contributed by atoms with Crippen molar-refractivity contribution in [2.45, 2.75) is 120 Å². The van der Waals surface area contributed by atoms with Crippen molar-refractivity contribution in [3.63, 3.8) is 0 Å². The average molecular weight is 411 g/mol. The molecule has 5 rings (SSSR count). The summed E-state index contributed by atoms with van der Waals surface area (Å²) in [4.78, 5) is 0. The van der Waals surface area contributed by atoms with E-state index in [1.165, 1.54) is 64.2 Å². The van der Waals surface area contributed by atoms with Crippen LogP contribution in [0.5, 0.6) is 0 Å². The average Bonchev–Trinajstić information content (AvgIpc) is 2.66. The van der Waals surface area contributed by atoms with Gasteiger partial charge in [-0.2, -0.15) is 0 Å². The van der Waals surface area contributed by atoms with Crippen LogP contribution in [0.4, 0.5) is 0 Å². The largest absolute Gasteiger partial charge is 0.0842 e. The van der Waals surface area contributed by atoms with E-state index in [-0.39, 0.29) is 0 Å². The van der Waals surface area contributed by atoms with Crippen molar-refractivity contribution in [3.8, 4) is 0 Å². The predicted octanol–water partition coefficient (Wildman–Crippen LogP) is 9.05. The summed E-state index contributed by atoms with van der Waals surface area (Å²) in [5.74, 6) is 4.54. The Morgan fingerprint density at radius 2 is 1.47 bits per heavy atom. The smallest absolute Gasteiger partial charge is 0.00820 e. The SMILES string of the molecule is C[C@H]1CC[C@]2(C)[C@H]3CC=C4C5CC(C)(C)CCC5(C)CC[C@@]4(C)[C@@H]3CC[C@H]2C1(C)C. The maximum Gasteiger partial charge on any atom is -0.00820 e. The Hall–Kier alpha value is -0.260. The van der Waals surface area contributed by atoms with Gasteiger partial charge in [-0.1, -0.05) is 67.0 Å². The van der Waals surface area contributed by atoms with Gasteiger partial charge in [0.1, 0.15) is 0 Å². The first-order chi connectivity index (χ1) is 13.8. The van der Waals surface area contributed by atoms with E-state index in [4.69, 9.17) is 0 Å². The van der Waals surface area contributed by atoms with E-state index >= 15 is 0 Å². The van der Waals surface area contributed by atoms with Gasteiger partial charge >= 0.3 is 0 Å². The molecule has 8 atom stereocenters. The summed E-state index contributed by atoms with van der Waals surface area (Å²) in [6.45, 7) is 21.0. The summed E-state index contributed by atoms with van der Waals surface area (Å²) in [5, 5.41) is 0. The highest BCUT2D eigenvalue weighted by molar-refractivity contribution is 5.30. The van der Waals surface area contributed by atoms with E-state index in [0.717, 1.165) is 29.6 Å². The van der Waals surface area contributed by atoms with Crippen LogP contribution in [0.3, 0.4) is 0 Å². The van der Waals surface area contributed by atoms with Crippen LogP contribution in [-0.4, -0.2) is 0 Å². The van der Waals surface area contributed by atoms with Crippen LogP contribution < -0.4 is 0 Å². The maximum atomic E-state index is 2.85. The van der Waals surface area contributed by atoms with E-state index in [2.05, 4.69) is 61.5 Å². The summed E-state index contributed by atoms with van der Waals surface area (Å²) in [6.07, 6.45) is 17.4. The zero-order valence-electron chi connectivity index (χ0n) is 21.5. The Labute approximate surface area is 188 Å². The third-order valence-corrected chi connectivity index (χ3v) is 12.8. The van der Waals surface area contributed by atoms with Gasteiger partial charge in [-0.25, -0.2) is 0 Å². The molecule has 0 N–H and O–H groups in total. The Morgan fingerprint density at radius 1 is 0.767 bits per heavy atom. The predicted molar refractivity (Wildman–Crippen MR) is 129 cm³/mol. The van der Waals surface area contributed by atoms with E-state index in [9.17, 15) is 0 Å². The third kappa shape index (κ3) is 2.76. The Balaban J connectivity index is 1.52. The van der Waals surface area contributed by atoms with Gasteiger partial charge in [-0.3, -0.25) is 0 Å². The van der Waals surface area contributed by atoms with Gasteiger partial charge in [0.15, 0.2) is 0 Å². The molecule has 4 saturated carbocycles. The minimum Gasteiger partial charge on any atom is -0.0842 e. The number of rotatable bonds is 0. The molecule has 0 bridgehead atoms. The molecule has 0 saturated heterocycles. The normalized spacial score (nSPS) is 54.1. The molecule has 0 aromatic carbocycles. The lowest BCUT2D eigenvalue weighted by atomic mass is 9.37. The van der Waals surface area contributed by atoms with Gasteiger partial charge in [0.2, 0.25) is 0 Å². The lowest BCUT2D eigenvalue weighted by Gasteiger charge is -2.67. The first-order valence-electron chi connectivity index (χ1n) is 13.5. The van der Waals surface area contributed by atoms with E-state index in [1.807, 2.05) is 5.57 Å². The highest BCUT2D eigenvalue weighted by atomic mass is 14.7. The lowest BCUT2D eigenvalue weighted by molar-refractivity contribution is -0.150. The second kappa shape index (κ2) is 6.41. The standard InChI is InChI=1S/C30H50/c1-20-13-14-30(8)22-9-10-23-24-19-26(2,3)15-16-28(24,6)17-18-29(23,7)21(22)11-12-25(30)27(20,4)5/h10,20-22,24-25H,9,11-19H2,1-8H3/t20-,21+,22-,24?,25-,28?,29-,30+/m0/s1. The Bertz CT molecular complexity index is 739. The Morgan fingerprint density at radius 3 is 2.20 bits per heavy atom. The number of hydrogen-bond acceptors (Lipinski definition) is 0. The molecule has 5 aliphatic rings. The van der Waals surface area contributed by atoms with Crippen LogP contribution >= 0.6 is 0 Å². The summed E-state index contributed by atoms with van der Waals surface area (Å²) in [5.41, 5.74) is 4.63. The van der Waals surface area contributed by atoms with Crippen LogP contribution in [0.1, 0.15) is 120 Å². The molecule has 0 aliphatic heterocycles. The van der Waals surface area contributed by atoms with E-state index < -0.39 is 0 Å². The number of hydrogen-bond donors (Lipinski definition) is 0. The molecule has 4 fully saturated rings. The van der Waals surface area contributed by atoms with Crippen molar-refractivity contribution < 1.29 is 0 Å². The molecule has 2 unspecified atom stereocenters. The molecule has 30 heavy (non-hydrogen) atoms. The molecule has 0 amide bonds. The molecule has 170 valence electrons. The highest BCUT2D eigenvalue weighted by Crippen LogP contribution is 2.71. The van der Waals surface area contributed by atoms with Crippen molar-refractivity contribution in [2.24, 2.45) is 56.7 Å². The number of allylic oxidation sites excluding steroid dienone is 2. The van der Waals surface area contributed by atoms with Crippen molar-refractivity contribution in [3.05, 3.63) is 11.6 Å². The summed E-state index contributed by atoms with van der Waals surface area (Å²) < 4.78 is 0. The van der Waals surface area contributed by atoms with Gasteiger partial charge in [-0.15, -0.1) is 0 Å². The topological polar surface area (TPSA) is 0 Å². The highest BCUT2D eigenvalue weighted by Gasteiger charge is 2.63. The second-order valence-corrected chi connectivity index (χ2v) is 15.0. The quantitative estimate of drug-likeness (QED) is 0.349. The molecule has 0 heterocycles. The summed E-state index contributed by atoms with van der Waals surface area (Å²) in [6, 6.07) is 0. The number of fused-ring (bicyclic) bond motifs is 7. The van der Waals surface area contributed by atoms with E-state index in [1.54, 1.807) is 0 Å². The lowest BCUT2D eigenvalue weighted by Crippen LogP contribution is -2.59. The monoisotopic (exact) mass is 410 g/mol. The molecule has 0 aromatic heterocycles. The molecular weight excluding hydrogens is 360 g/mol. The van der Waals surface area contributed by atoms with Crippen LogP contribution in [-0.2, 0) is 0 Å². The Kier molecular flexibility index (Phi) is 4.61. The van der Waals surface area contributed by atoms with Gasteiger partial charge < -0.3 is 0 Å². The van der Waals surface area contributed by atoms with Gasteiger partial charge in [0.25, 0.3) is 0 Å². The third-order valence-electron chi connectivity index (χ3n) is 12.8. The second-order valence-electron chi connectivity index (χ2n) is 15.0. The van der Waals surface area contributed by atoms with Gasteiger partial charge in [-0.05, 0) is 121 Å².